The smallest absolute Gasteiger partial charge is 0.384 e. The summed E-state index contributed by atoms with van der Waals surface area (Å²) < 4.78 is 30.2. The van der Waals surface area contributed by atoms with Crippen LogP contribution in [0.1, 0.15) is 85.1 Å². The number of methoxy groups -OCH3 is 1. The van der Waals surface area contributed by atoms with Gasteiger partial charge in [0.1, 0.15) is 6.10 Å². The highest BCUT2D eigenvalue weighted by molar-refractivity contribution is 6.74. The third-order valence-corrected chi connectivity index (χ3v) is 11.9. The van der Waals surface area contributed by atoms with Crippen molar-refractivity contribution in [1.82, 2.24) is 0 Å². The van der Waals surface area contributed by atoms with Gasteiger partial charge in [-0.15, -0.1) is 0 Å². The van der Waals surface area contributed by atoms with Gasteiger partial charge in [-0.2, -0.15) is 0 Å². The van der Waals surface area contributed by atoms with Crippen LogP contribution in [-0.4, -0.2) is 52.1 Å². The molecule has 0 radical (unpaired) electrons. The van der Waals surface area contributed by atoms with Gasteiger partial charge in [0.2, 0.25) is 0 Å². The van der Waals surface area contributed by atoms with Crippen molar-refractivity contribution >= 4 is 14.3 Å². The first kappa shape index (κ1) is 32.5. The van der Waals surface area contributed by atoms with Crippen molar-refractivity contribution in [3.05, 3.63) is 35.9 Å². The molecule has 0 N–H and O–H groups in total. The Morgan fingerprint density at radius 3 is 2.42 bits per heavy atom. The minimum atomic E-state index is -2.07. The molecule has 1 aliphatic heterocycles. The average Bonchev–Trinajstić information content (AvgIpc) is 3.16. The molecule has 0 aliphatic carbocycles. The molecule has 2 rings (SSSR count). The van der Waals surface area contributed by atoms with Crippen LogP contribution in [0.25, 0.3) is 0 Å². The van der Waals surface area contributed by atoms with E-state index in [9.17, 15) is 4.79 Å². The summed E-state index contributed by atoms with van der Waals surface area (Å²) in [4.78, 5) is 11.4. The van der Waals surface area contributed by atoms with Gasteiger partial charge < -0.3 is 23.4 Å². The highest BCUT2D eigenvalue weighted by Crippen LogP contribution is 2.41. The molecule has 6 nitrogen and oxygen atoms in total. The van der Waals surface area contributed by atoms with Gasteiger partial charge in [-0.1, -0.05) is 76.3 Å². The van der Waals surface area contributed by atoms with Gasteiger partial charge in [-0.3, -0.25) is 0 Å². The maximum Gasteiger partial charge on any atom is 0.384 e. The van der Waals surface area contributed by atoms with E-state index in [1.54, 1.807) is 0 Å². The van der Waals surface area contributed by atoms with Crippen LogP contribution >= 0.6 is 0 Å². The summed E-state index contributed by atoms with van der Waals surface area (Å²) in [7, 11) is -0.729. The minimum absolute atomic E-state index is 0.0392. The molecule has 1 fully saturated rings. The molecule has 0 amide bonds. The van der Waals surface area contributed by atoms with E-state index < -0.39 is 20.1 Å². The molecule has 0 saturated carbocycles. The van der Waals surface area contributed by atoms with E-state index >= 15 is 0 Å². The summed E-state index contributed by atoms with van der Waals surface area (Å²) in [6, 6.07) is 10.3. The van der Waals surface area contributed by atoms with E-state index in [1.807, 2.05) is 32.0 Å². The molecule has 1 heterocycles. The zero-order valence-electron chi connectivity index (χ0n) is 24.9. The number of hydrogen-bond donors (Lipinski definition) is 0. The van der Waals surface area contributed by atoms with E-state index in [-0.39, 0.29) is 23.4 Å². The second-order valence-electron chi connectivity index (χ2n) is 12.1. The molecule has 1 aliphatic rings. The third kappa shape index (κ3) is 11.2. The van der Waals surface area contributed by atoms with E-state index in [0.29, 0.717) is 19.4 Å². The Labute approximate surface area is 232 Å². The van der Waals surface area contributed by atoms with Gasteiger partial charge in [-0.05, 0) is 56.8 Å². The summed E-state index contributed by atoms with van der Waals surface area (Å²) in [5, 5.41) is 0.0655. The number of rotatable bonds is 14. The predicted molar refractivity (Wildman–Crippen MR) is 154 cm³/mol. The van der Waals surface area contributed by atoms with Crippen LogP contribution in [0.15, 0.2) is 30.3 Å². The van der Waals surface area contributed by atoms with Crippen LogP contribution in [0, 0.1) is 11.8 Å². The molecule has 1 aromatic rings. The number of unbranched alkanes of at least 4 members (excludes halogenated alkanes) is 3. The standard InChI is InChI=1S/C31H50O6Si/c1-30(2,3)38(7,8)37-27(21-15-16-22-28(32)33-6)29-26(35-31(4,5)36-29)20-14-9-10-17-23-34-24-25-18-12-11-13-19-25/h11-13,18-19,26-27,29H,9-10,14-15,17,20-21,23-24H2,1-8H3/t26-,27-,29+/m1/s1. The fraction of sp³-hybridized carbons (Fsp3) is 0.710. The molecule has 1 aromatic carbocycles. The second kappa shape index (κ2) is 15.2. The van der Waals surface area contributed by atoms with Crippen LogP contribution in [0.3, 0.4) is 0 Å². The third-order valence-electron chi connectivity index (χ3n) is 7.41. The van der Waals surface area contributed by atoms with E-state index in [1.165, 1.54) is 12.7 Å². The van der Waals surface area contributed by atoms with Crippen LogP contribution in [0.4, 0.5) is 0 Å². The van der Waals surface area contributed by atoms with Gasteiger partial charge in [0, 0.05) is 18.9 Å². The molecule has 1 saturated heterocycles. The van der Waals surface area contributed by atoms with Gasteiger partial charge >= 0.3 is 5.97 Å². The average molecular weight is 547 g/mol. The number of carbonyl (C=O) groups excluding carboxylic acids is 1. The molecule has 3 atom stereocenters. The normalized spacial score (nSPS) is 20.0. The number of hydrogen-bond acceptors (Lipinski definition) is 6. The van der Waals surface area contributed by atoms with Gasteiger partial charge in [0.15, 0.2) is 14.1 Å². The Morgan fingerprint density at radius 2 is 1.76 bits per heavy atom. The van der Waals surface area contributed by atoms with Crippen molar-refractivity contribution in [3.63, 3.8) is 0 Å². The zero-order chi connectivity index (χ0) is 28.2. The quantitative estimate of drug-likeness (QED) is 0.0821. The fourth-order valence-corrected chi connectivity index (χ4v) is 5.68. The lowest BCUT2D eigenvalue weighted by Gasteiger charge is -2.41. The van der Waals surface area contributed by atoms with E-state index in [0.717, 1.165) is 38.7 Å². The Balaban J connectivity index is 1.91. The first-order valence-electron chi connectivity index (χ1n) is 14.1. The van der Waals surface area contributed by atoms with E-state index in [4.69, 9.17) is 18.6 Å². The summed E-state index contributed by atoms with van der Waals surface area (Å²) >= 11 is 0. The maximum atomic E-state index is 11.4. The Morgan fingerprint density at radius 1 is 1.08 bits per heavy atom. The first-order chi connectivity index (χ1) is 17.8. The summed E-state index contributed by atoms with van der Waals surface area (Å²) in [6.07, 6.45) is 6.14. The number of ether oxygens (including phenoxy) is 4. The first-order valence-corrected chi connectivity index (χ1v) is 17.0. The Kier molecular flexibility index (Phi) is 13.0. The van der Waals surface area contributed by atoms with Gasteiger partial charge in [0.05, 0.1) is 25.9 Å². The topological polar surface area (TPSA) is 63.2 Å². The maximum absolute atomic E-state index is 11.4. The van der Waals surface area contributed by atoms with Crippen molar-refractivity contribution in [3.8, 4) is 11.8 Å². The van der Waals surface area contributed by atoms with Crippen LogP contribution in [0.2, 0.25) is 18.1 Å². The van der Waals surface area contributed by atoms with Crippen molar-refractivity contribution in [2.45, 2.75) is 128 Å². The number of benzene rings is 1. The lowest BCUT2D eigenvalue weighted by atomic mass is 9.99. The molecule has 0 bridgehead atoms. The van der Waals surface area contributed by atoms with Crippen LogP contribution < -0.4 is 0 Å². The molecule has 0 spiro atoms. The van der Waals surface area contributed by atoms with Gasteiger partial charge in [0.25, 0.3) is 0 Å². The monoisotopic (exact) mass is 546 g/mol. The second-order valence-corrected chi connectivity index (χ2v) is 16.9. The minimum Gasteiger partial charge on any atom is -0.459 e. The molecule has 0 aromatic heterocycles. The number of carbonyl (C=O) groups is 1. The Bertz CT molecular complexity index is 896. The molecule has 214 valence electrons. The van der Waals surface area contributed by atoms with Gasteiger partial charge in [-0.25, -0.2) is 4.79 Å². The van der Waals surface area contributed by atoms with E-state index in [2.05, 4.69) is 62.6 Å². The largest absolute Gasteiger partial charge is 0.459 e. The van der Waals surface area contributed by atoms with Crippen molar-refractivity contribution in [1.29, 1.82) is 0 Å². The molecular formula is C31H50O6Si. The Hall–Kier alpha value is -1.69. The SMILES string of the molecule is COC(=O)C#CCC[C@@H](O[Si](C)(C)C(C)(C)C)[C@H]1OC(C)(C)O[C@@H]1CCCCCCOCc1ccccc1. The predicted octanol–water partition coefficient (Wildman–Crippen LogP) is 7.02. The van der Waals surface area contributed by atoms with Crippen molar-refractivity contribution in [2.75, 3.05) is 13.7 Å². The van der Waals surface area contributed by atoms with Crippen molar-refractivity contribution in [2.24, 2.45) is 0 Å². The molecular weight excluding hydrogens is 496 g/mol. The van der Waals surface area contributed by atoms with Crippen molar-refractivity contribution < 1.29 is 28.2 Å². The molecule has 0 unspecified atom stereocenters. The fourth-order valence-electron chi connectivity index (χ4n) is 4.31. The zero-order valence-corrected chi connectivity index (χ0v) is 25.9. The highest BCUT2D eigenvalue weighted by atomic mass is 28.4. The summed E-state index contributed by atoms with van der Waals surface area (Å²) in [5.41, 5.74) is 1.21. The molecule has 7 heteroatoms. The molecule has 38 heavy (non-hydrogen) atoms. The lowest BCUT2D eigenvalue weighted by molar-refractivity contribution is -0.154. The van der Waals surface area contributed by atoms with Crippen LogP contribution in [-0.2, 0) is 34.8 Å². The highest BCUT2D eigenvalue weighted by Gasteiger charge is 2.48. The summed E-state index contributed by atoms with van der Waals surface area (Å²) in [6.45, 7) is 16.6. The van der Waals surface area contributed by atoms with Crippen LogP contribution in [0.5, 0.6) is 0 Å². The lowest BCUT2D eigenvalue weighted by Crippen LogP contribution is -2.49. The summed E-state index contributed by atoms with van der Waals surface area (Å²) in [5.74, 6) is 4.30. The number of esters is 1.